The molecule has 1 heterocycles. The average Bonchev–Trinajstić information content (AvgIpc) is 3.07. The van der Waals surface area contributed by atoms with Gasteiger partial charge in [-0.2, -0.15) is 0 Å². The maximum atomic E-state index is 5.37. The van der Waals surface area contributed by atoms with Gasteiger partial charge in [0.05, 0.1) is 13.2 Å². The number of hydrogen-bond donors (Lipinski definition) is 2. The van der Waals surface area contributed by atoms with Crippen LogP contribution in [0.25, 0.3) is 0 Å². The smallest absolute Gasteiger partial charge is 0.166 e. The van der Waals surface area contributed by atoms with Gasteiger partial charge in [0.1, 0.15) is 5.75 Å². The van der Waals surface area contributed by atoms with Crippen LogP contribution in [-0.4, -0.2) is 37.8 Å². The zero-order valence-corrected chi connectivity index (χ0v) is 15.3. The normalized spacial score (nSPS) is 12.0. The molecule has 0 amide bonds. The molecular formula is C17H23N3OS2. The Morgan fingerprint density at radius 2 is 1.96 bits per heavy atom. The Morgan fingerprint density at radius 3 is 2.52 bits per heavy atom. The number of ether oxygens (including phenoxy) is 1. The molecule has 0 bridgehead atoms. The molecule has 0 fully saturated rings. The maximum absolute atomic E-state index is 5.37. The maximum Gasteiger partial charge on any atom is 0.166 e. The molecule has 6 heteroatoms. The fraction of sp³-hybridized carbons (Fsp3) is 0.353. The van der Waals surface area contributed by atoms with Gasteiger partial charge in [0.15, 0.2) is 5.11 Å². The number of thiophene rings is 1. The van der Waals surface area contributed by atoms with Crippen molar-refractivity contribution in [1.82, 2.24) is 15.5 Å². The Labute approximate surface area is 147 Å². The van der Waals surface area contributed by atoms with Crippen LogP contribution in [0.2, 0.25) is 0 Å². The highest BCUT2D eigenvalue weighted by Gasteiger charge is 2.15. The lowest BCUT2D eigenvalue weighted by Gasteiger charge is -2.24. The van der Waals surface area contributed by atoms with Crippen molar-refractivity contribution in [1.29, 1.82) is 0 Å². The van der Waals surface area contributed by atoms with Crippen LogP contribution >= 0.6 is 23.6 Å². The van der Waals surface area contributed by atoms with E-state index in [1.807, 2.05) is 24.3 Å². The van der Waals surface area contributed by atoms with Gasteiger partial charge in [-0.15, -0.1) is 11.3 Å². The average molecular weight is 350 g/mol. The summed E-state index contributed by atoms with van der Waals surface area (Å²) in [5.41, 5.74) is 1.16. The summed E-state index contributed by atoms with van der Waals surface area (Å²) in [5.74, 6) is 0.860. The van der Waals surface area contributed by atoms with Gasteiger partial charge in [-0.3, -0.25) is 0 Å². The lowest BCUT2D eigenvalue weighted by molar-refractivity contribution is 0.303. The quantitative estimate of drug-likeness (QED) is 0.752. The lowest BCUT2D eigenvalue weighted by atomic mass is 10.2. The molecule has 1 aromatic heterocycles. The van der Waals surface area contributed by atoms with E-state index < -0.39 is 0 Å². The Kier molecular flexibility index (Phi) is 6.83. The van der Waals surface area contributed by atoms with Crippen LogP contribution in [0.5, 0.6) is 5.75 Å². The number of methoxy groups -OCH3 is 1. The van der Waals surface area contributed by atoms with Crippen molar-refractivity contribution in [2.24, 2.45) is 0 Å². The van der Waals surface area contributed by atoms with Crippen molar-refractivity contribution in [2.75, 3.05) is 27.7 Å². The van der Waals surface area contributed by atoms with Crippen LogP contribution < -0.4 is 15.4 Å². The van der Waals surface area contributed by atoms with Crippen molar-refractivity contribution in [3.05, 3.63) is 52.2 Å². The van der Waals surface area contributed by atoms with E-state index in [2.05, 4.69) is 47.1 Å². The number of thiocarbonyl (C=S) groups is 1. The largest absolute Gasteiger partial charge is 0.497 e. The Hall–Kier alpha value is -1.63. The zero-order chi connectivity index (χ0) is 16.7. The summed E-state index contributed by atoms with van der Waals surface area (Å²) in [6, 6.07) is 12.5. The van der Waals surface area contributed by atoms with Gasteiger partial charge in [-0.05, 0) is 55.5 Å². The van der Waals surface area contributed by atoms with E-state index in [-0.39, 0.29) is 0 Å². The first-order chi connectivity index (χ1) is 11.1. The van der Waals surface area contributed by atoms with Crippen molar-refractivity contribution in [3.63, 3.8) is 0 Å². The molecule has 2 aromatic rings. The van der Waals surface area contributed by atoms with Gasteiger partial charge >= 0.3 is 0 Å². The Balaban J connectivity index is 1.79. The van der Waals surface area contributed by atoms with Crippen LogP contribution in [0, 0.1) is 0 Å². The summed E-state index contributed by atoms with van der Waals surface area (Å²) in [6.07, 6.45) is 0. The minimum Gasteiger partial charge on any atom is -0.497 e. The van der Waals surface area contributed by atoms with Crippen LogP contribution in [0.15, 0.2) is 41.8 Å². The topological polar surface area (TPSA) is 36.5 Å². The summed E-state index contributed by atoms with van der Waals surface area (Å²) < 4.78 is 5.16. The molecule has 1 atom stereocenters. The van der Waals surface area contributed by atoms with E-state index in [0.29, 0.717) is 17.7 Å². The van der Waals surface area contributed by atoms with Crippen LogP contribution in [0.1, 0.15) is 16.5 Å². The predicted molar refractivity (Wildman–Crippen MR) is 101 cm³/mol. The lowest BCUT2D eigenvalue weighted by Crippen LogP contribution is -2.39. The van der Waals surface area contributed by atoms with Gasteiger partial charge in [0.25, 0.3) is 0 Å². The third kappa shape index (κ3) is 5.49. The third-order valence-corrected chi connectivity index (χ3v) is 4.83. The molecule has 2 N–H and O–H groups in total. The fourth-order valence-electron chi connectivity index (χ4n) is 2.20. The molecule has 0 aliphatic heterocycles. The molecule has 4 nitrogen and oxygen atoms in total. The van der Waals surface area contributed by atoms with Gasteiger partial charge in [0.2, 0.25) is 0 Å². The summed E-state index contributed by atoms with van der Waals surface area (Å²) in [4.78, 5) is 3.53. The summed E-state index contributed by atoms with van der Waals surface area (Å²) >= 11 is 7.14. The molecule has 1 unspecified atom stereocenters. The number of benzene rings is 1. The van der Waals surface area contributed by atoms with Crippen molar-refractivity contribution < 1.29 is 4.74 Å². The highest BCUT2D eigenvalue weighted by Crippen LogP contribution is 2.22. The second-order valence-electron chi connectivity index (χ2n) is 5.41. The SMILES string of the molecule is COc1ccc(CNC(=S)NCC(c2cccs2)N(C)C)cc1. The zero-order valence-electron chi connectivity index (χ0n) is 13.7. The van der Waals surface area contributed by atoms with Gasteiger partial charge in [-0.25, -0.2) is 0 Å². The Bertz CT molecular complexity index is 597. The van der Waals surface area contributed by atoms with E-state index >= 15 is 0 Å². The first-order valence-corrected chi connectivity index (χ1v) is 8.73. The van der Waals surface area contributed by atoms with Crippen molar-refractivity contribution in [3.8, 4) is 5.75 Å². The molecule has 1 aromatic carbocycles. The fourth-order valence-corrected chi connectivity index (χ4v) is 3.27. The molecule has 23 heavy (non-hydrogen) atoms. The number of likely N-dealkylation sites (N-methyl/N-ethyl adjacent to an activating group) is 1. The molecule has 0 aliphatic rings. The number of rotatable bonds is 7. The van der Waals surface area contributed by atoms with E-state index in [0.717, 1.165) is 17.9 Å². The van der Waals surface area contributed by atoms with E-state index in [1.54, 1.807) is 18.4 Å². The minimum absolute atomic E-state index is 0.315. The third-order valence-electron chi connectivity index (χ3n) is 3.56. The Morgan fingerprint density at radius 1 is 1.22 bits per heavy atom. The second-order valence-corrected chi connectivity index (χ2v) is 6.79. The van der Waals surface area contributed by atoms with Gasteiger partial charge < -0.3 is 20.3 Å². The van der Waals surface area contributed by atoms with E-state index in [4.69, 9.17) is 17.0 Å². The number of nitrogens with one attached hydrogen (secondary N) is 2. The van der Waals surface area contributed by atoms with Crippen molar-refractivity contribution >= 4 is 28.7 Å². The standard InChI is InChI=1S/C17H23N3OS2/c1-20(2)15(16-5-4-10-23-16)12-19-17(22)18-11-13-6-8-14(21-3)9-7-13/h4-10,15H,11-12H2,1-3H3,(H2,18,19,22). The molecule has 0 saturated heterocycles. The van der Waals surface area contributed by atoms with Crippen LogP contribution in [0.3, 0.4) is 0 Å². The van der Waals surface area contributed by atoms with Crippen molar-refractivity contribution in [2.45, 2.75) is 12.6 Å². The van der Waals surface area contributed by atoms with E-state index in [9.17, 15) is 0 Å². The molecule has 124 valence electrons. The van der Waals surface area contributed by atoms with Crippen LogP contribution in [0.4, 0.5) is 0 Å². The predicted octanol–water partition coefficient (Wildman–Crippen LogP) is 3.02. The molecule has 0 radical (unpaired) electrons. The summed E-state index contributed by atoms with van der Waals surface area (Å²) in [7, 11) is 5.83. The molecule has 0 spiro atoms. The highest BCUT2D eigenvalue weighted by atomic mass is 32.1. The molecular weight excluding hydrogens is 326 g/mol. The highest BCUT2D eigenvalue weighted by molar-refractivity contribution is 7.80. The van der Waals surface area contributed by atoms with E-state index in [1.165, 1.54) is 4.88 Å². The first-order valence-electron chi connectivity index (χ1n) is 7.44. The first kappa shape index (κ1) is 17.7. The molecule has 2 rings (SSSR count). The van der Waals surface area contributed by atoms with Gasteiger partial charge in [0, 0.05) is 18.0 Å². The monoisotopic (exact) mass is 349 g/mol. The molecule has 0 aliphatic carbocycles. The van der Waals surface area contributed by atoms with Crippen LogP contribution in [-0.2, 0) is 6.54 Å². The van der Waals surface area contributed by atoms with Gasteiger partial charge in [-0.1, -0.05) is 18.2 Å². The summed E-state index contributed by atoms with van der Waals surface area (Å²) in [5, 5.41) is 9.32. The number of nitrogens with zero attached hydrogens (tertiary/aromatic N) is 1. The minimum atomic E-state index is 0.315. The second kappa shape index (κ2) is 8.86. The number of hydrogen-bond acceptors (Lipinski definition) is 4. The molecule has 0 saturated carbocycles. The summed E-state index contributed by atoms with van der Waals surface area (Å²) in [6.45, 7) is 1.48.